The first-order valence-corrected chi connectivity index (χ1v) is 9.85. The number of fused-ring (bicyclic) bond motifs is 7. The maximum atomic E-state index is 10.2. The van der Waals surface area contributed by atoms with Gasteiger partial charge in [0.25, 0.3) is 0 Å². The van der Waals surface area contributed by atoms with Crippen LogP contribution in [0.5, 0.6) is 5.75 Å². The van der Waals surface area contributed by atoms with Crippen molar-refractivity contribution in [2.24, 2.45) is 0 Å². The van der Waals surface area contributed by atoms with Crippen LogP contribution in [0.4, 0.5) is 0 Å². The molecule has 0 radical (unpaired) electrons. The Morgan fingerprint density at radius 2 is 1.84 bits per heavy atom. The molecule has 1 N–H and O–H groups in total. The van der Waals surface area contributed by atoms with E-state index < -0.39 is 0 Å². The van der Waals surface area contributed by atoms with Crippen LogP contribution in [-0.4, -0.2) is 36.1 Å². The normalized spacial score (nSPS) is 11.5. The number of H-pyrrole nitrogens is 1. The van der Waals surface area contributed by atoms with Gasteiger partial charge in [0.2, 0.25) is 4.77 Å². The third-order valence-electron chi connectivity index (χ3n) is 5.38. The number of imidazole rings is 1. The molecule has 0 spiro atoms. The third kappa shape index (κ3) is 2.39. The van der Waals surface area contributed by atoms with Crippen LogP contribution >= 0.6 is 12.2 Å². The topological polar surface area (TPSA) is 96.3 Å². The van der Waals surface area contributed by atoms with Gasteiger partial charge in [0, 0.05) is 5.56 Å². The maximum absolute atomic E-state index is 10.2. The summed E-state index contributed by atoms with van der Waals surface area (Å²) in [6, 6.07) is 17.7. The van der Waals surface area contributed by atoms with Crippen molar-refractivity contribution >= 4 is 45.6 Å². The van der Waals surface area contributed by atoms with E-state index in [0.29, 0.717) is 38.2 Å². The molecule has 4 heterocycles. The van der Waals surface area contributed by atoms with E-state index in [9.17, 15) is 5.26 Å². The molecule has 148 valence electrons. The molecule has 0 amide bonds. The first-order valence-electron chi connectivity index (χ1n) is 9.44. The number of nitrogens with one attached hydrogen (secondary N) is 1. The molecule has 4 aromatic heterocycles. The minimum atomic E-state index is 0.337. The lowest BCUT2D eigenvalue weighted by atomic mass is 9.98. The fourth-order valence-electron chi connectivity index (χ4n) is 4.06. The standard InChI is InChI=1S/C22H13N7OS/c1-30-13-8-6-12(7-9-13)17-14(10-23)19-25-15-4-2-3-5-16(15)29(19)20-18(17)21-26-22(31)27-28(21)11-24-20/h2-9,11H,1H3,(H,27,31). The molecule has 2 aromatic carbocycles. The van der Waals surface area contributed by atoms with Crippen LogP contribution in [-0.2, 0) is 0 Å². The number of ether oxygens (including phenoxy) is 1. The van der Waals surface area contributed by atoms with Crippen molar-refractivity contribution in [3.8, 4) is 22.9 Å². The summed E-state index contributed by atoms with van der Waals surface area (Å²) in [5.41, 5.74) is 5.42. The van der Waals surface area contributed by atoms with E-state index in [-0.39, 0.29) is 0 Å². The number of methoxy groups -OCH3 is 1. The molecule has 31 heavy (non-hydrogen) atoms. The highest BCUT2D eigenvalue weighted by Crippen LogP contribution is 2.37. The molecular formula is C22H13N7OS. The molecule has 6 rings (SSSR count). The van der Waals surface area contributed by atoms with E-state index in [1.165, 1.54) is 0 Å². The van der Waals surface area contributed by atoms with Gasteiger partial charge in [-0.1, -0.05) is 24.3 Å². The molecule has 0 aliphatic heterocycles. The lowest BCUT2D eigenvalue weighted by Crippen LogP contribution is -2.02. The molecule has 0 saturated heterocycles. The number of hydrogen-bond acceptors (Lipinski definition) is 6. The predicted molar refractivity (Wildman–Crippen MR) is 119 cm³/mol. The van der Waals surface area contributed by atoms with Gasteiger partial charge in [0.1, 0.15) is 23.7 Å². The molecule has 9 heteroatoms. The summed E-state index contributed by atoms with van der Waals surface area (Å²) < 4.78 is 9.22. The molecule has 0 aliphatic rings. The van der Waals surface area contributed by atoms with Crippen molar-refractivity contribution in [2.45, 2.75) is 0 Å². The third-order valence-corrected chi connectivity index (χ3v) is 5.56. The number of rotatable bonds is 2. The van der Waals surface area contributed by atoms with E-state index >= 15 is 0 Å². The summed E-state index contributed by atoms with van der Waals surface area (Å²) in [4.78, 5) is 14.0. The zero-order valence-electron chi connectivity index (χ0n) is 16.2. The second kappa shape index (κ2) is 6.35. The van der Waals surface area contributed by atoms with Crippen LogP contribution < -0.4 is 4.74 Å². The Hall–Kier alpha value is -4.29. The van der Waals surface area contributed by atoms with Crippen LogP contribution in [0, 0.1) is 16.1 Å². The Labute approximate surface area is 180 Å². The van der Waals surface area contributed by atoms with E-state index in [0.717, 1.165) is 22.3 Å². The summed E-state index contributed by atoms with van der Waals surface area (Å²) >= 11 is 5.27. The Morgan fingerprint density at radius 1 is 1.03 bits per heavy atom. The van der Waals surface area contributed by atoms with Gasteiger partial charge in [-0.25, -0.2) is 14.5 Å². The van der Waals surface area contributed by atoms with Crippen LogP contribution in [0.25, 0.3) is 44.5 Å². The van der Waals surface area contributed by atoms with Crippen molar-refractivity contribution in [2.75, 3.05) is 7.11 Å². The van der Waals surface area contributed by atoms with Crippen molar-refractivity contribution in [3.63, 3.8) is 0 Å². The van der Waals surface area contributed by atoms with Crippen LogP contribution in [0.3, 0.4) is 0 Å². The van der Waals surface area contributed by atoms with E-state index in [1.807, 2.05) is 52.9 Å². The Balaban J connectivity index is 1.93. The van der Waals surface area contributed by atoms with Gasteiger partial charge in [-0.05, 0) is 42.0 Å². The molecule has 0 saturated carbocycles. The Kier molecular flexibility index (Phi) is 3.60. The fraction of sp³-hybridized carbons (Fsp3) is 0.0455. The van der Waals surface area contributed by atoms with Crippen molar-refractivity contribution in [1.82, 2.24) is 29.0 Å². The number of hydrogen-bond donors (Lipinski definition) is 1. The highest BCUT2D eigenvalue weighted by molar-refractivity contribution is 7.71. The van der Waals surface area contributed by atoms with Gasteiger partial charge < -0.3 is 4.74 Å². The van der Waals surface area contributed by atoms with Crippen LogP contribution in [0.1, 0.15) is 5.56 Å². The molecule has 0 aliphatic carbocycles. The number of pyridine rings is 1. The minimum Gasteiger partial charge on any atom is -0.497 e. The van der Waals surface area contributed by atoms with Crippen LogP contribution in [0.15, 0.2) is 54.9 Å². The summed E-state index contributed by atoms with van der Waals surface area (Å²) in [5, 5.41) is 13.9. The second-order valence-corrected chi connectivity index (χ2v) is 7.40. The number of nitriles is 1. The molecule has 0 fully saturated rings. The van der Waals surface area contributed by atoms with E-state index in [1.54, 1.807) is 18.0 Å². The zero-order chi connectivity index (χ0) is 21.1. The number of aromatic amines is 1. The highest BCUT2D eigenvalue weighted by Gasteiger charge is 2.23. The number of para-hydroxylation sites is 2. The SMILES string of the molecule is COc1ccc(-c2c(C#N)c3nc4ccccc4n3c3ncn4[nH]c(=S)nc4c23)cc1. The maximum Gasteiger partial charge on any atom is 0.214 e. The van der Waals surface area contributed by atoms with Gasteiger partial charge in [-0.15, -0.1) is 0 Å². The van der Waals surface area contributed by atoms with Gasteiger partial charge in [0.05, 0.1) is 23.5 Å². The summed E-state index contributed by atoms with van der Waals surface area (Å²) in [7, 11) is 1.62. The van der Waals surface area contributed by atoms with Crippen molar-refractivity contribution in [3.05, 3.63) is 65.2 Å². The van der Waals surface area contributed by atoms with Crippen molar-refractivity contribution in [1.29, 1.82) is 5.26 Å². The van der Waals surface area contributed by atoms with Gasteiger partial charge in [-0.2, -0.15) is 10.2 Å². The lowest BCUT2D eigenvalue weighted by Gasteiger charge is -2.13. The summed E-state index contributed by atoms with van der Waals surface area (Å²) in [6.45, 7) is 0. The zero-order valence-corrected chi connectivity index (χ0v) is 17.0. The summed E-state index contributed by atoms with van der Waals surface area (Å²) in [6.07, 6.45) is 1.64. The smallest absolute Gasteiger partial charge is 0.214 e. The molecule has 0 atom stereocenters. The van der Waals surface area contributed by atoms with Gasteiger partial charge in [0.15, 0.2) is 16.9 Å². The van der Waals surface area contributed by atoms with E-state index in [2.05, 4.69) is 16.2 Å². The second-order valence-electron chi connectivity index (χ2n) is 7.02. The molecule has 0 bridgehead atoms. The minimum absolute atomic E-state index is 0.337. The molecule has 8 nitrogen and oxygen atoms in total. The average molecular weight is 423 g/mol. The largest absolute Gasteiger partial charge is 0.497 e. The predicted octanol–water partition coefficient (Wildman–Crippen LogP) is 4.29. The Bertz CT molecular complexity index is 1750. The molecule has 0 unspecified atom stereocenters. The van der Waals surface area contributed by atoms with E-state index in [4.69, 9.17) is 26.9 Å². The molecular weight excluding hydrogens is 410 g/mol. The lowest BCUT2D eigenvalue weighted by molar-refractivity contribution is 0.415. The van der Waals surface area contributed by atoms with Gasteiger partial charge >= 0.3 is 0 Å². The first-order chi connectivity index (χ1) is 15.2. The van der Waals surface area contributed by atoms with Crippen LogP contribution in [0.2, 0.25) is 0 Å². The Morgan fingerprint density at radius 3 is 2.61 bits per heavy atom. The number of nitrogens with zero attached hydrogens (tertiary/aromatic N) is 6. The summed E-state index contributed by atoms with van der Waals surface area (Å²) in [5.74, 6) is 0.726. The molecule has 6 aromatic rings. The van der Waals surface area contributed by atoms with Crippen molar-refractivity contribution < 1.29 is 4.74 Å². The number of benzene rings is 2. The average Bonchev–Trinajstić information content (AvgIpc) is 3.38. The fourth-order valence-corrected chi connectivity index (χ4v) is 4.24. The monoisotopic (exact) mass is 423 g/mol. The number of aromatic nitrogens is 6. The quantitative estimate of drug-likeness (QED) is 0.418. The van der Waals surface area contributed by atoms with Gasteiger partial charge in [-0.3, -0.25) is 9.50 Å². The first kappa shape index (κ1) is 17.6. The highest BCUT2D eigenvalue weighted by atomic mass is 32.1.